The summed E-state index contributed by atoms with van der Waals surface area (Å²) in [5.74, 6) is -0.649. The normalized spacial score (nSPS) is 17.8. The number of rotatable bonds is 8. The summed E-state index contributed by atoms with van der Waals surface area (Å²) in [5.41, 5.74) is 1.52. The minimum Gasteiger partial charge on any atom is -0.408 e. The number of carbonyl (C=O) groups is 1. The molecule has 34 heavy (non-hydrogen) atoms. The van der Waals surface area contributed by atoms with Gasteiger partial charge in [0.15, 0.2) is 5.58 Å². The Morgan fingerprint density at radius 2 is 1.97 bits per heavy atom. The van der Waals surface area contributed by atoms with Crippen molar-refractivity contribution in [2.45, 2.75) is 62.6 Å². The van der Waals surface area contributed by atoms with E-state index in [0.29, 0.717) is 18.6 Å². The van der Waals surface area contributed by atoms with E-state index in [-0.39, 0.29) is 41.4 Å². The highest BCUT2D eigenvalue weighted by Gasteiger charge is 2.36. The van der Waals surface area contributed by atoms with Gasteiger partial charge < -0.3 is 9.32 Å². The first-order chi connectivity index (χ1) is 16.4. The van der Waals surface area contributed by atoms with Crippen LogP contribution in [0.25, 0.3) is 11.1 Å². The summed E-state index contributed by atoms with van der Waals surface area (Å²) >= 11 is 0. The first-order valence-electron chi connectivity index (χ1n) is 11.7. The van der Waals surface area contributed by atoms with Crippen molar-refractivity contribution >= 4 is 27.0 Å². The Morgan fingerprint density at radius 1 is 1.21 bits per heavy atom. The fraction of sp³-hybridized carbons (Fsp3) is 0.458. The molecule has 1 aliphatic carbocycles. The second-order valence-electron chi connectivity index (χ2n) is 8.97. The van der Waals surface area contributed by atoms with Crippen molar-refractivity contribution in [3.8, 4) is 0 Å². The molecule has 1 aromatic carbocycles. The minimum absolute atomic E-state index is 0.0462. The van der Waals surface area contributed by atoms with Gasteiger partial charge in [0.1, 0.15) is 0 Å². The maximum absolute atomic E-state index is 13.2. The van der Waals surface area contributed by atoms with E-state index in [4.69, 9.17) is 4.42 Å². The third kappa shape index (κ3) is 4.27. The third-order valence-electron chi connectivity index (χ3n) is 6.65. The Morgan fingerprint density at radius 3 is 2.65 bits per heavy atom. The quantitative estimate of drug-likeness (QED) is 0.487. The number of benzene rings is 1. The van der Waals surface area contributed by atoms with E-state index >= 15 is 0 Å². The maximum Gasteiger partial charge on any atom is 0.419 e. The predicted octanol–water partition coefficient (Wildman–Crippen LogP) is 2.92. The van der Waals surface area contributed by atoms with Gasteiger partial charge in [0.05, 0.1) is 22.1 Å². The summed E-state index contributed by atoms with van der Waals surface area (Å²) in [7, 11) is -3.61. The van der Waals surface area contributed by atoms with Crippen molar-refractivity contribution in [3.63, 3.8) is 0 Å². The molecule has 0 spiro atoms. The lowest BCUT2D eigenvalue weighted by Gasteiger charge is -2.29. The number of nitrogens with zero attached hydrogens (tertiary/aromatic N) is 4. The lowest BCUT2D eigenvalue weighted by atomic mass is 10.1. The van der Waals surface area contributed by atoms with Crippen molar-refractivity contribution in [2.75, 3.05) is 13.1 Å². The molecule has 9 nitrogen and oxygen atoms in total. The highest BCUT2D eigenvalue weighted by molar-refractivity contribution is 7.89. The van der Waals surface area contributed by atoms with Gasteiger partial charge in [0, 0.05) is 44.4 Å². The van der Waals surface area contributed by atoms with Crippen LogP contribution >= 0.6 is 0 Å². The standard InChI is InChI=1S/C24H28N4O5S/c1-17(20-6-2-3-12-25-20)28(18-7-8-18)23(29)11-15-27-21-10-9-19(16-22(21)33-24(27)30)34(31,32)26-13-4-5-14-26/h2-3,6,9-10,12,16-18H,4-5,7-8,11,13-15H2,1H3. The fourth-order valence-electron chi connectivity index (χ4n) is 4.69. The monoisotopic (exact) mass is 484 g/mol. The van der Waals surface area contributed by atoms with Crippen molar-refractivity contribution in [1.29, 1.82) is 0 Å². The SMILES string of the molecule is CC(c1ccccn1)N(C(=O)CCn1c(=O)oc2cc(S(=O)(=O)N3CCCC3)ccc21)C1CC1. The number of hydrogen-bond acceptors (Lipinski definition) is 6. The number of aromatic nitrogens is 2. The van der Waals surface area contributed by atoms with Gasteiger partial charge in [-0.05, 0) is 56.9 Å². The van der Waals surface area contributed by atoms with Crippen molar-refractivity contribution in [1.82, 2.24) is 18.8 Å². The number of carbonyl (C=O) groups excluding carboxylic acids is 1. The average Bonchev–Trinajstić information content (AvgIpc) is 3.38. The molecule has 3 heterocycles. The Kier molecular flexibility index (Phi) is 6.03. The highest BCUT2D eigenvalue weighted by atomic mass is 32.2. The molecule has 1 saturated carbocycles. The third-order valence-corrected chi connectivity index (χ3v) is 8.55. The van der Waals surface area contributed by atoms with Crippen LogP contribution < -0.4 is 5.76 Å². The number of oxazole rings is 1. The molecule has 2 aliphatic rings. The molecule has 0 radical (unpaired) electrons. The summed E-state index contributed by atoms with van der Waals surface area (Å²) < 4.78 is 33.9. The molecule has 5 rings (SSSR count). The second-order valence-corrected chi connectivity index (χ2v) is 10.9. The van der Waals surface area contributed by atoms with Crippen molar-refractivity contribution < 1.29 is 17.6 Å². The van der Waals surface area contributed by atoms with Crippen LogP contribution in [0.4, 0.5) is 0 Å². The van der Waals surface area contributed by atoms with E-state index < -0.39 is 15.8 Å². The Bertz CT molecular complexity index is 1360. The maximum atomic E-state index is 13.2. The molecule has 1 amide bonds. The number of amides is 1. The minimum atomic E-state index is -3.61. The van der Waals surface area contributed by atoms with E-state index in [2.05, 4.69) is 4.98 Å². The zero-order valence-corrected chi connectivity index (χ0v) is 19.9. The van der Waals surface area contributed by atoms with Gasteiger partial charge in [-0.15, -0.1) is 0 Å². The predicted molar refractivity (Wildman–Crippen MR) is 126 cm³/mol. The van der Waals surface area contributed by atoms with E-state index in [1.807, 2.05) is 30.0 Å². The highest BCUT2D eigenvalue weighted by Crippen LogP contribution is 2.34. The van der Waals surface area contributed by atoms with Crippen molar-refractivity contribution in [3.05, 3.63) is 58.8 Å². The molecule has 2 aromatic heterocycles. The van der Waals surface area contributed by atoms with Crippen LogP contribution in [0.5, 0.6) is 0 Å². The zero-order valence-electron chi connectivity index (χ0n) is 19.1. The summed E-state index contributed by atoms with van der Waals surface area (Å²) in [4.78, 5) is 32.1. The first-order valence-corrected chi connectivity index (χ1v) is 13.2. The van der Waals surface area contributed by atoms with Crippen molar-refractivity contribution in [2.24, 2.45) is 0 Å². The number of hydrogen-bond donors (Lipinski definition) is 0. The van der Waals surface area contributed by atoms with Gasteiger partial charge >= 0.3 is 5.76 Å². The molecule has 2 fully saturated rings. The van der Waals surface area contributed by atoms with Crippen LogP contribution in [-0.2, 0) is 21.4 Å². The smallest absolute Gasteiger partial charge is 0.408 e. The zero-order chi connectivity index (χ0) is 23.9. The number of fused-ring (bicyclic) bond motifs is 1. The van der Waals surface area contributed by atoms with Gasteiger partial charge in [0.2, 0.25) is 15.9 Å². The first kappa shape index (κ1) is 22.8. The number of pyridine rings is 1. The summed E-state index contributed by atoms with van der Waals surface area (Å²) in [5, 5.41) is 0. The van der Waals surface area contributed by atoms with Crippen LogP contribution in [0.3, 0.4) is 0 Å². The molecule has 10 heteroatoms. The fourth-order valence-corrected chi connectivity index (χ4v) is 6.22. The molecule has 0 bridgehead atoms. The lowest BCUT2D eigenvalue weighted by molar-refractivity contribution is -0.134. The van der Waals surface area contributed by atoms with Gasteiger partial charge in [0.25, 0.3) is 0 Å². The van der Waals surface area contributed by atoms with Crippen LogP contribution in [0.1, 0.15) is 50.8 Å². The van der Waals surface area contributed by atoms with Crippen LogP contribution in [-0.4, -0.2) is 52.2 Å². The van der Waals surface area contributed by atoms with Gasteiger partial charge in [-0.2, -0.15) is 4.31 Å². The second kappa shape index (κ2) is 8.99. The summed E-state index contributed by atoms with van der Waals surface area (Å²) in [6.45, 7) is 3.13. The van der Waals surface area contributed by atoms with Gasteiger partial charge in [-0.25, -0.2) is 13.2 Å². The topological polar surface area (TPSA) is 106 Å². The van der Waals surface area contributed by atoms with Gasteiger partial charge in [-0.3, -0.25) is 14.3 Å². The Labute approximate surface area is 198 Å². The van der Waals surface area contributed by atoms with E-state index in [9.17, 15) is 18.0 Å². The molecule has 1 saturated heterocycles. The molecular weight excluding hydrogens is 456 g/mol. The van der Waals surface area contributed by atoms with Gasteiger partial charge in [-0.1, -0.05) is 6.07 Å². The Balaban J connectivity index is 1.35. The van der Waals surface area contributed by atoms with E-state index in [1.165, 1.54) is 21.0 Å². The van der Waals surface area contributed by atoms with Crippen LogP contribution in [0.2, 0.25) is 0 Å². The molecule has 180 valence electrons. The van der Waals surface area contributed by atoms with Crippen LogP contribution in [0, 0.1) is 0 Å². The van der Waals surface area contributed by atoms with E-state index in [0.717, 1.165) is 31.4 Å². The van der Waals surface area contributed by atoms with E-state index in [1.54, 1.807) is 12.3 Å². The largest absolute Gasteiger partial charge is 0.419 e. The Hall–Kier alpha value is -2.98. The number of aryl methyl sites for hydroxylation is 1. The molecule has 1 aliphatic heterocycles. The molecule has 1 atom stereocenters. The number of sulfonamides is 1. The molecule has 3 aromatic rings. The lowest BCUT2D eigenvalue weighted by Crippen LogP contribution is -2.36. The molecule has 1 unspecified atom stereocenters. The summed E-state index contributed by atoms with van der Waals surface area (Å²) in [6.07, 6.45) is 5.47. The average molecular weight is 485 g/mol. The van der Waals surface area contributed by atoms with Crippen LogP contribution in [0.15, 0.2) is 56.7 Å². The summed E-state index contributed by atoms with van der Waals surface area (Å²) in [6, 6.07) is 10.2. The molecular formula is C24H28N4O5S. The molecule has 0 N–H and O–H groups in total.